The van der Waals surface area contributed by atoms with E-state index in [0.717, 1.165) is 36.2 Å². The molecular weight excluding hydrogens is 306 g/mol. The van der Waals surface area contributed by atoms with Gasteiger partial charge in [0.15, 0.2) is 0 Å². The second-order valence-electron chi connectivity index (χ2n) is 4.88. The summed E-state index contributed by atoms with van der Waals surface area (Å²) in [4.78, 5) is 0. The summed E-state index contributed by atoms with van der Waals surface area (Å²) < 4.78 is 12.4. The minimum atomic E-state index is 0.323. The van der Waals surface area contributed by atoms with Crippen molar-refractivity contribution in [2.45, 2.75) is 38.3 Å². The van der Waals surface area contributed by atoms with E-state index in [1.807, 2.05) is 12.1 Å². The molecular formula is C15H22BrNO2. The van der Waals surface area contributed by atoms with Gasteiger partial charge in [0.1, 0.15) is 5.75 Å². The predicted octanol–water partition coefficient (Wildman–Crippen LogP) is 3.16. The largest absolute Gasteiger partial charge is 0.496 e. The van der Waals surface area contributed by atoms with E-state index in [9.17, 15) is 0 Å². The van der Waals surface area contributed by atoms with Gasteiger partial charge in [-0.15, -0.1) is 0 Å². The first-order valence-electron chi connectivity index (χ1n) is 6.92. The van der Waals surface area contributed by atoms with Gasteiger partial charge in [0.2, 0.25) is 0 Å². The van der Waals surface area contributed by atoms with E-state index in [1.165, 1.54) is 12.0 Å². The number of methoxy groups -OCH3 is 1. The lowest BCUT2D eigenvalue weighted by Crippen LogP contribution is -2.41. The van der Waals surface area contributed by atoms with Crippen LogP contribution in [0.1, 0.15) is 25.3 Å². The average Bonchev–Trinajstić information content (AvgIpc) is 2.92. The molecule has 1 aromatic carbocycles. The van der Waals surface area contributed by atoms with Crippen molar-refractivity contribution in [3.63, 3.8) is 0 Å². The Balaban J connectivity index is 2.13. The van der Waals surface area contributed by atoms with Crippen LogP contribution in [0.15, 0.2) is 22.7 Å². The van der Waals surface area contributed by atoms with Gasteiger partial charge in [-0.1, -0.05) is 22.9 Å². The highest BCUT2D eigenvalue weighted by Gasteiger charge is 2.26. The minimum absolute atomic E-state index is 0.323. The van der Waals surface area contributed by atoms with Crippen molar-refractivity contribution in [2.24, 2.45) is 0 Å². The van der Waals surface area contributed by atoms with Crippen LogP contribution < -0.4 is 10.1 Å². The highest BCUT2D eigenvalue weighted by molar-refractivity contribution is 9.10. The number of hydrogen-bond donors (Lipinski definition) is 1. The van der Waals surface area contributed by atoms with Crippen molar-refractivity contribution < 1.29 is 9.47 Å². The van der Waals surface area contributed by atoms with E-state index in [2.05, 4.69) is 34.2 Å². The molecule has 0 radical (unpaired) electrons. The highest BCUT2D eigenvalue weighted by atomic mass is 79.9. The molecule has 2 rings (SSSR count). The second-order valence-corrected chi connectivity index (χ2v) is 5.79. The molecule has 1 heterocycles. The number of hydrogen-bond acceptors (Lipinski definition) is 3. The summed E-state index contributed by atoms with van der Waals surface area (Å²) in [6.07, 6.45) is 3.57. The zero-order valence-corrected chi connectivity index (χ0v) is 13.2. The monoisotopic (exact) mass is 327 g/mol. The highest BCUT2D eigenvalue weighted by Crippen LogP contribution is 2.26. The van der Waals surface area contributed by atoms with Crippen LogP contribution in [0.4, 0.5) is 0 Å². The van der Waals surface area contributed by atoms with Crippen molar-refractivity contribution >= 4 is 15.9 Å². The minimum Gasteiger partial charge on any atom is -0.496 e. The molecule has 4 heteroatoms. The van der Waals surface area contributed by atoms with E-state index >= 15 is 0 Å². The van der Waals surface area contributed by atoms with Crippen LogP contribution in [0.25, 0.3) is 0 Å². The van der Waals surface area contributed by atoms with E-state index in [-0.39, 0.29) is 0 Å². The molecule has 1 N–H and O–H groups in total. The molecule has 1 aliphatic heterocycles. The molecule has 2 unspecified atom stereocenters. The Morgan fingerprint density at radius 1 is 1.53 bits per heavy atom. The van der Waals surface area contributed by atoms with E-state index in [4.69, 9.17) is 9.47 Å². The summed E-state index contributed by atoms with van der Waals surface area (Å²) in [5, 5.41) is 3.55. The van der Waals surface area contributed by atoms with Gasteiger partial charge in [-0.2, -0.15) is 0 Å². The Morgan fingerprint density at radius 2 is 2.37 bits per heavy atom. The van der Waals surface area contributed by atoms with Gasteiger partial charge in [0.05, 0.1) is 13.2 Å². The fourth-order valence-electron chi connectivity index (χ4n) is 2.66. The normalized spacial score (nSPS) is 20.5. The number of likely N-dealkylation sites (N-methyl/N-ethyl adjacent to an activating group) is 1. The quantitative estimate of drug-likeness (QED) is 0.870. The molecule has 19 heavy (non-hydrogen) atoms. The average molecular weight is 328 g/mol. The third-order valence-corrected chi connectivity index (χ3v) is 4.06. The lowest BCUT2D eigenvalue weighted by Gasteiger charge is -2.24. The third-order valence-electron chi connectivity index (χ3n) is 3.56. The van der Waals surface area contributed by atoms with Crippen LogP contribution >= 0.6 is 15.9 Å². The fraction of sp³-hybridized carbons (Fsp3) is 0.600. The van der Waals surface area contributed by atoms with Crippen molar-refractivity contribution in [1.82, 2.24) is 5.32 Å². The maximum absolute atomic E-state index is 5.83. The van der Waals surface area contributed by atoms with Crippen LogP contribution in [0, 0.1) is 0 Å². The van der Waals surface area contributed by atoms with E-state index < -0.39 is 0 Å². The number of ether oxygens (including phenoxy) is 2. The topological polar surface area (TPSA) is 30.5 Å². The molecule has 0 spiro atoms. The smallest absolute Gasteiger partial charge is 0.122 e. The van der Waals surface area contributed by atoms with Gasteiger partial charge in [0, 0.05) is 17.1 Å². The molecule has 0 bridgehead atoms. The Hall–Kier alpha value is -0.580. The lowest BCUT2D eigenvalue weighted by molar-refractivity contribution is 0.0787. The number of benzene rings is 1. The molecule has 106 valence electrons. The molecule has 2 atom stereocenters. The summed E-state index contributed by atoms with van der Waals surface area (Å²) in [5.74, 6) is 0.948. The predicted molar refractivity (Wildman–Crippen MR) is 80.8 cm³/mol. The molecule has 1 aliphatic rings. The van der Waals surface area contributed by atoms with Crippen LogP contribution in [0.3, 0.4) is 0 Å². The number of nitrogens with one attached hydrogen (secondary N) is 1. The van der Waals surface area contributed by atoms with Crippen LogP contribution in [0.2, 0.25) is 0 Å². The molecule has 0 amide bonds. The number of rotatable bonds is 6. The van der Waals surface area contributed by atoms with Crippen molar-refractivity contribution in [3.8, 4) is 5.75 Å². The first kappa shape index (κ1) is 14.8. The Morgan fingerprint density at radius 3 is 3.00 bits per heavy atom. The molecule has 1 aromatic rings. The first-order chi connectivity index (χ1) is 9.24. The SMILES string of the molecule is CCNC(Cc1cc(Br)ccc1OC)C1CCCO1. The van der Waals surface area contributed by atoms with Gasteiger partial charge in [0.25, 0.3) is 0 Å². The summed E-state index contributed by atoms with van der Waals surface area (Å²) in [5.41, 5.74) is 1.22. The van der Waals surface area contributed by atoms with Gasteiger partial charge in [-0.05, 0) is 49.6 Å². The molecule has 1 fully saturated rings. The molecule has 0 saturated carbocycles. The summed E-state index contributed by atoms with van der Waals surface area (Å²) in [6, 6.07) is 6.52. The van der Waals surface area contributed by atoms with E-state index in [0.29, 0.717) is 12.1 Å². The number of halogens is 1. The standard InChI is InChI=1S/C15H22BrNO2/c1-3-17-13(15-5-4-8-19-15)10-11-9-12(16)6-7-14(11)18-2/h6-7,9,13,15,17H,3-5,8,10H2,1-2H3. The molecule has 0 aromatic heterocycles. The van der Waals surface area contributed by atoms with Crippen molar-refractivity contribution in [3.05, 3.63) is 28.2 Å². The summed E-state index contributed by atoms with van der Waals surface area (Å²) in [7, 11) is 1.72. The van der Waals surface area contributed by atoms with Gasteiger partial charge < -0.3 is 14.8 Å². The molecule has 0 aliphatic carbocycles. The Kier molecular flexibility index (Phi) is 5.67. The Bertz CT molecular complexity index is 405. The Labute approximate surface area is 123 Å². The van der Waals surface area contributed by atoms with Gasteiger partial charge in [-0.3, -0.25) is 0 Å². The maximum Gasteiger partial charge on any atom is 0.122 e. The van der Waals surface area contributed by atoms with Gasteiger partial charge in [-0.25, -0.2) is 0 Å². The van der Waals surface area contributed by atoms with E-state index in [1.54, 1.807) is 7.11 Å². The molecule has 1 saturated heterocycles. The first-order valence-corrected chi connectivity index (χ1v) is 7.71. The lowest BCUT2D eigenvalue weighted by atomic mass is 9.98. The van der Waals surface area contributed by atoms with Crippen molar-refractivity contribution in [1.29, 1.82) is 0 Å². The van der Waals surface area contributed by atoms with Crippen LogP contribution in [-0.4, -0.2) is 32.4 Å². The second kappa shape index (κ2) is 7.27. The zero-order chi connectivity index (χ0) is 13.7. The third kappa shape index (κ3) is 3.94. The summed E-state index contributed by atoms with van der Waals surface area (Å²) >= 11 is 3.53. The fourth-order valence-corrected chi connectivity index (χ4v) is 3.07. The maximum atomic E-state index is 5.83. The summed E-state index contributed by atoms with van der Waals surface area (Å²) in [6.45, 7) is 3.99. The van der Waals surface area contributed by atoms with Crippen LogP contribution in [-0.2, 0) is 11.2 Å². The van der Waals surface area contributed by atoms with Gasteiger partial charge >= 0.3 is 0 Å². The molecule has 3 nitrogen and oxygen atoms in total. The van der Waals surface area contributed by atoms with Crippen molar-refractivity contribution in [2.75, 3.05) is 20.3 Å². The zero-order valence-electron chi connectivity index (χ0n) is 11.6. The van der Waals surface area contributed by atoms with Crippen LogP contribution in [0.5, 0.6) is 5.75 Å².